The van der Waals surface area contributed by atoms with Gasteiger partial charge in [-0.15, -0.1) is 0 Å². The van der Waals surface area contributed by atoms with E-state index in [4.69, 9.17) is 0 Å². The molecule has 4 amide bonds. The SMILES string of the molecule is Cc1cccc(NC(=O)N2CCC(C(=O)NCCNC(=O)CC3CCCCC3)CC2)c1. The average molecular weight is 429 g/mol. The zero-order valence-corrected chi connectivity index (χ0v) is 18.6. The highest BCUT2D eigenvalue weighted by atomic mass is 16.2. The number of carbonyl (C=O) groups excluding carboxylic acids is 3. The number of nitrogens with one attached hydrogen (secondary N) is 3. The van der Waals surface area contributed by atoms with Gasteiger partial charge in [-0.2, -0.15) is 0 Å². The second-order valence-electron chi connectivity index (χ2n) is 8.91. The summed E-state index contributed by atoms with van der Waals surface area (Å²) in [6.45, 7) is 4.03. The monoisotopic (exact) mass is 428 g/mol. The van der Waals surface area contributed by atoms with Gasteiger partial charge in [-0.3, -0.25) is 9.59 Å². The Morgan fingerprint density at radius 3 is 2.39 bits per heavy atom. The Balaban J connectivity index is 1.29. The quantitative estimate of drug-likeness (QED) is 0.581. The van der Waals surface area contributed by atoms with Crippen LogP contribution in [0.25, 0.3) is 0 Å². The molecule has 0 spiro atoms. The normalized spacial score (nSPS) is 17.8. The smallest absolute Gasteiger partial charge is 0.321 e. The Bertz CT molecular complexity index is 753. The Hall–Kier alpha value is -2.57. The standard InChI is InChI=1S/C24H36N4O3/c1-18-6-5-9-21(16-18)27-24(31)28-14-10-20(11-15-28)23(30)26-13-12-25-22(29)17-19-7-3-2-4-8-19/h5-6,9,16,19-20H,2-4,7-8,10-15,17H2,1H3,(H,25,29)(H,26,30)(H,27,31). The number of amides is 4. The molecule has 1 saturated carbocycles. The molecule has 0 radical (unpaired) electrons. The molecule has 1 heterocycles. The molecule has 170 valence electrons. The van der Waals surface area contributed by atoms with E-state index < -0.39 is 0 Å². The summed E-state index contributed by atoms with van der Waals surface area (Å²) in [5.74, 6) is 0.548. The highest BCUT2D eigenvalue weighted by Crippen LogP contribution is 2.26. The number of piperidine rings is 1. The van der Waals surface area contributed by atoms with Crippen molar-refractivity contribution in [2.75, 3.05) is 31.5 Å². The first kappa shape index (κ1) is 23.1. The predicted molar refractivity (Wildman–Crippen MR) is 122 cm³/mol. The van der Waals surface area contributed by atoms with E-state index in [1.165, 1.54) is 19.3 Å². The second kappa shape index (κ2) is 11.7. The van der Waals surface area contributed by atoms with Crippen LogP contribution in [0.3, 0.4) is 0 Å². The molecular weight excluding hydrogens is 392 g/mol. The lowest BCUT2D eigenvalue weighted by Gasteiger charge is -2.31. The minimum Gasteiger partial charge on any atom is -0.354 e. The van der Waals surface area contributed by atoms with Crippen LogP contribution in [0, 0.1) is 18.8 Å². The minimum absolute atomic E-state index is 0.0141. The van der Waals surface area contributed by atoms with Gasteiger partial charge in [0.1, 0.15) is 0 Å². The summed E-state index contributed by atoms with van der Waals surface area (Å²) in [5, 5.41) is 8.78. The van der Waals surface area contributed by atoms with Gasteiger partial charge in [-0.1, -0.05) is 31.4 Å². The van der Waals surface area contributed by atoms with Crippen LogP contribution < -0.4 is 16.0 Å². The van der Waals surface area contributed by atoms with Crippen LogP contribution in [0.1, 0.15) is 56.9 Å². The van der Waals surface area contributed by atoms with Gasteiger partial charge in [-0.25, -0.2) is 4.79 Å². The zero-order valence-electron chi connectivity index (χ0n) is 18.6. The molecule has 3 N–H and O–H groups in total. The Kier molecular flexibility index (Phi) is 8.74. The average Bonchev–Trinajstić information content (AvgIpc) is 2.77. The molecule has 7 heteroatoms. The van der Waals surface area contributed by atoms with Crippen LogP contribution in [0.5, 0.6) is 0 Å². The molecule has 1 saturated heterocycles. The largest absolute Gasteiger partial charge is 0.354 e. The van der Waals surface area contributed by atoms with Crippen molar-refractivity contribution >= 4 is 23.5 Å². The molecule has 3 rings (SSSR count). The van der Waals surface area contributed by atoms with Gasteiger partial charge in [-0.05, 0) is 56.2 Å². The first-order valence-corrected chi connectivity index (χ1v) is 11.7. The number of rotatable bonds is 7. The van der Waals surface area contributed by atoms with Gasteiger partial charge in [0.05, 0.1) is 0 Å². The fraction of sp³-hybridized carbons (Fsp3) is 0.625. The molecule has 1 aromatic rings. The predicted octanol–water partition coefficient (Wildman–Crippen LogP) is 3.44. The molecule has 1 aliphatic heterocycles. The van der Waals surface area contributed by atoms with Crippen LogP contribution in [-0.4, -0.2) is 48.9 Å². The van der Waals surface area contributed by atoms with Gasteiger partial charge < -0.3 is 20.9 Å². The number of anilines is 1. The third kappa shape index (κ3) is 7.56. The van der Waals surface area contributed by atoms with Crippen molar-refractivity contribution in [2.45, 2.75) is 58.3 Å². The van der Waals surface area contributed by atoms with Crippen LogP contribution in [0.15, 0.2) is 24.3 Å². The molecule has 7 nitrogen and oxygen atoms in total. The van der Waals surface area contributed by atoms with Crippen molar-refractivity contribution in [3.05, 3.63) is 29.8 Å². The van der Waals surface area contributed by atoms with Crippen molar-refractivity contribution < 1.29 is 14.4 Å². The lowest BCUT2D eigenvalue weighted by Crippen LogP contribution is -2.45. The van der Waals surface area contributed by atoms with Crippen LogP contribution in [0.2, 0.25) is 0 Å². The van der Waals surface area contributed by atoms with E-state index in [2.05, 4.69) is 16.0 Å². The summed E-state index contributed by atoms with van der Waals surface area (Å²) >= 11 is 0. The van der Waals surface area contributed by atoms with Crippen molar-refractivity contribution in [1.82, 2.24) is 15.5 Å². The van der Waals surface area contributed by atoms with E-state index in [9.17, 15) is 14.4 Å². The first-order valence-electron chi connectivity index (χ1n) is 11.7. The maximum atomic E-state index is 12.4. The lowest BCUT2D eigenvalue weighted by atomic mass is 9.87. The van der Waals surface area contributed by atoms with Crippen molar-refractivity contribution in [1.29, 1.82) is 0 Å². The summed E-state index contributed by atoms with van der Waals surface area (Å²) < 4.78 is 0. The summed E-state index contributed by atoms with van der Waals surface area (Å²) in [5.41, 5.74) is 1.88. The van der Waals surface area contributed by atoms with E-state index >= 15 is 0 Å². The maximum absolute atomic E-state index is 12.4. The van der Waals surface area contributed by atoms with Gasteiger partial charge in [0.2, 0.25) is 11.8 Å². The summed E-state index contributed by atoms with van der Waals surface area (Å²) in [6, 6.07) is 7.60. The zero-order chi connectivity index (χ0) is 22.1. The number of hydrogen-bond acceptors (Lipinski definition) is 3. The minimum atomic E-state index is -0.120. The van der Waals surface area contributed by atoms with Gasteiger partial charge in [0.25, 0.3) is 0 Å². The van der Waals surface area contributed by atoms with Crippen molar-refractivity contribution in [2.24, 2.45) is 11.8 Å². The van der Waals surface area contributed by atoms with E-state index in [-0.39, 0.29) is 23.8 Å². The Labute approximate surface area is 185 Å². The number of carbonyl (C=O) groups is 3. The topological polar surface area (TPSA) is 90.5 Å². The third-order valence-corrected chi connectivity index (χ3v) is 6.37. The highest BCUT2D eigenvalue weighted by molar-refractivity contribution is 5.89. The summed E-state index contributed by atoms with van der Waals surface area (Å²) in [6.07, 6.45) is 8.00. The highest BCUT2D eigenvalue weighted by Gasteiger charge is 2.27. The van der Waals surface area contributed by atoms with Gasteiger partial charge in [0.15, 0.2) is 0 Å². The summed E-state index contributed by atoms with van der Waals surface area (Å²) in [4.78, 5) is 38.7. The molecule has 0 aromatic heterocycles. The van der Waals surface area contributed by atoms with Crippen LogP contribution in [-0.2, 0) is 9.59 Å². The molecule has 0 atom stereocenters. The fourth-order valence-electron chi connectivity index (χ4n) is 4.53. The maximum Gasteiger partial charge on any atom is 0.321 e. The van der Waals surface area contributed by atoms with E-state index in [1.54, 1.807) is 4.90 Å². The molecular formula is C24H36N4O3. The van der Waals surface area contributed by atoms with Gasteiger partial charge >= 0.3 is 6.03 Å². The third-order valence-electron chi connectivity index (χ3n) is 6.37. The fourth-order valence-corrected chi connectivity index (χ4v) is 4.53. The first-order chi connectivity index (χ1) is 15.0. The number of likely N-dealkylation sites (tertiary alicyclic amines) is 1. The molecule has 2 fully saturated rings. The van der Waals surface area contributed by atoms with E-state index in [0.29, 0.717) is 51.4 Å². The molecule has 0 bridgehead atoms. The Morgan fingerprint density at radius 1 is 0.968 bits per heavy atom. The Morgan fingerprint density at radius 2 is 1.68 bits per heavy atom. The second-order valence-corrected chi connectivity index (χ2v) is 8.91. The molecule has 0 unspecified atom stereocenters. The number of urea groups is 1. The molecule has 2 aliphatic rings. The van der Waals surface area contributed by atoms with Crippen LogP contribution >= 0.6 is 0 Å². The van der Waals surface area contributed by atoms with Crippen molar-refractivity contribution in [3.8, 4) is 0 Å². The van der Waals surface area contributed by atoms with E-state index in [1.807, 2.05) is 31.2 Å². The number of hydrogen-bond donors (Lipinski definition) is 3. The van der Waals surface area contributed by atoms with E-state index in [0.717, 1.165) is 24.1 Å². The lowest BCUT2D eigenvalue weighted by molar-refractivity contribution is -0.126. The number of benzene rings is 1. The molecule has 1 aliphatic carbocycles. The van der Waals surface area contributed by atoms with Crippen molar-refractivity contribution in [3.63, 3.8) is 0 Å². The molecule has 1 aromatic carbocycles. The van der Waals surface area contributed by atoms with Gasteiger partial charge in [0, 0.05) is 44.2 Å². The molecule has 31 heavy (non-hydrogen) atoms. The van der Waals surface area contributed by atoms with Crippen LogP contribution in [0.4, 0.5) is 10.5 Å². The number of aryl methyl sites for hydroxylation is 1. The number of nitrogens with zero attached hydrogens (tertiary/aromatic N) is 1. The summed E-state index contributed by atoms with van der Waals surface area (Å²) in [7, 11) is 0.